The highest BCUT2D eigenvalue weighted by Crippen LogP contribution is 2.26. The number of likely N-dealkylation sites (N-methyl/N-ethyl adjacent to an activating group) is 1. The summed E-state index contributed by atoms with van der Waals surface area (Å²) in [5, 5.41) is 6.24. The number of piperazine rings is 1. The van der Waals surface area contributed by atoms with Crippen LogP contribution in [0.3, 0.4) is 0 Å². The third kappa shape index (κ3) is 2.86. The molecule has 1 fully saturated rings. The minimum Gasteiger partial charge on any atom is -0.366 e. The number of nitrogens with two attached hydrogens (primary N) is 1. The van der Waals surface area contributed by atoms with E-state index in [1.54, 1.807) is 19.2 Å². The van der Waals surface area contributed by atoms with Crippen molar-refractivity contribution in [3.05, 3.63) is 28.8 Å². The Labute approximate surface area is 122 Å². The molecule has 1 aromatic rings. The highest BCUT2D eigenvalue weighted by Gasteiger charge is 2.30. The van der Waals surface area contributed by atoms with E-state index in [9.17, 15) is 9.59 Å². The zero-order valence-electron chi connectivity index (χ0n) is 11.1. The van der Waals surface area contributed by atoms with Crippen molar-refractivity contribution in [2.45, 2.75) is 6.04 Å². The van der Waals surface area contributed by atoms with Crippen molar-refractivity contribution >= 4 is 29.1 Å². The molecule has 6 nitrogen and oxygen atoms in total. The Morgan fingerprint density at radius 1 is 1.50 bits per heavy atom. The van der Waals surface area contributed by atoms with E-state index >= 15 is 0 Å². The third-order valence-corrected chi connectivity index (χ3v) is 3.56. The minimum atomic E-state index is -0.559. The zero-order chi connectivity index (χ0) is 14.7. The summed E-state index contributed by atoms with van der Waals surface area (Å²) in [5.41, 5.74) is 6.37. The van der Waals surface area contributed by atoms with Crippen molar-refractivity contribution in [2.24, 2.45) is 5.73 Å². The molecule has 1 saturated heterocycles. The molecule has 0 aromatic heterocycles. The number of rotatable bonds is 3. The van der Waals surface area contributed by atoms with Crippen LogP contribution in [0, 0.1) is 0 Å². The second-order valence-electron chi connectivity index (χ2n) is 4.55. The SMILES string of the molecule is CNC(=O)C1CNCCN1c1ccc(Cl)cc1C(N)=O. The summed E-state index contributed by atoms with van der Waals surface area (Å²) in [4.78, 5) is 25.4. The standard InChI is InChI=1S/C13H17ClN4O2/c1-16-13(20)11-7-17-4-5-18(11)10-3-2-8(14)6-9(10)12(15)19/h2-3,6,11,17H,4-5,7H2,1H3,(H2,15,19)(H,16,20). The first-order chi connectivity index (χ1) is 9.54. The summed E-state index contributed by atoms with van der Waals surface area (Å²) in [7, 11) is 1.59. The molecule has 1 atom stereocenters. The molecule has 2 rings (SSSR count). The van der Waals surface area contributed by atoms with Crippen LogP contribution in [0.1, 0.15) is 10.4 Å². The van der Waals surface area contributed by atoms with Gasteiger partial charge in [0.1, 0.15) is 6.04 Å². The number of anilines is 1. The number of carbonyl (C=O) groups is 2. The first-order valence-electron chi connectivity index (χ1n) is 6.33. The van der Waals surface area contributed by atoms with Gasteiger partial charge in [0, 0.05) is 31.7 Å². The van der Waals surface area contributed by atoms with Gasteiger partial charge < -0.3 is 21.3 Å². The van der Waals surface area contributed by atoms with Crippen LogP contribution in [0.25, 0.3) is 0 Å². The van der Waals surface area contributed by atoms with Crippen molar-refractivity contribution in [1.82, 2.24) is 10.6 Å². The van der Waals surface area contributed by atoms with Crippen molar-refractivity contribution in [3.8, 4) is 0 Å². The van der Waals surface area contributed by atoms with Gasteiger partial charge in [-0.3, -0.25) is 9.59 Å². The van der Waals surface area contributed by atoms with Crippen molar-refractivity contribution < 1.29 is 9.59 Å². The van der Waals surface area contributed by atoms with Crippen LogP contribution in [0.15, 0.2) is 18.2 Å². The maximum absolute atomic E-state index is 12.0. The van der Waals surface area contributed by atoms with E-state index < -0.39 is 5.91 Å². The molecule has 2 amide bonds. The molecular weight excluding hydrogens is 280 g/mol. The molecule has 1 aliphatic rings. The molecule has 4 N–H and O–H groups in total. The summed E-state index contributed by atoms with van der Waals surface area (Å²) < 4.78 is 0. The van der Waals surface area contributed by atoms with Gasteiger partial charge in [0.15, 0.2) is 0 Å². The Morgan fingerprint density at radius 3 is 2.90 bits per heavy atom. The second-order valence-corrected chi connectivity index (χ2v) is 4.99. The fourth-order valence-corrected chi connectivity index (χ4v) is 2.52. The normalized spacial score (nSPS) is 18.7. The van der Waals surface area contributed by atoms with Gasteiger partial charge in [-0.2, -0.15) is 0 Å². The van der Waals surface area contributed by atoms with E-state index in [2.05, 4.69) is 10.6 Å². The topological polar surface area (TPSA) is 87.5 Å². The number of nitrogens with zero attached hydrogens (tertiary/aromatic N) is 1. The monoisotopic (exact) mass is 296 g/mol. The van der Waals surface area contributed by atoms with Crippen LogP contribution in [0.4, 0.5) is 5.69 Å². The van der Waals surface area contributed by atoms with Gasteiger partial charge in [0.25, 0.3) is 5.91 Å². The maximum Gasteiger partial charge on any atom is 0.250 e. The van der Waals surface area contributed by atoms with Crippen molar-refractivity contribution in [2.75, 3.05) is 31.6 Å². The molecular formula is C13H17ClN4O2. The Morgan fingerprint density at radius 2 is 2.25 bits per heavy atom. The summed E-state index contributed by atoms with van der Waals surface area (Å²) >= 11 is 5.91. The molecule has 0 bridgehead atoms. The van der Waals surface area contributed by atoms with E-state index in [1.165, 1.54) is 6.07 Å². The minimum absolute atomic E-state index is 0.109. The Bertz CT molecular complexity index is 535. The van der Waals surface area contributed by atoms with Gasteiger partial charge in [0.05, 0.1) is 11.3 Å². The highest BCUT2D eigenvalue weighted by atomic mass is 35.5. The average Bonchev–Trinajstić information content (AvgIpc) is 2.46. The predicted molar refractivity (Wildman–Crippen MR) is 78.0 cm³/mol. The van der Waals surface area contributed by atoms with Gasteiger partial charge in [-0.25, -0.2) is 0 Å². The molecule has 0 spiro atoms. The molecule has 1 heterocycles. The summed E-state index contributed by atoms with van der Waals surface area (Å²) in [6.45, 7) is 1.86. The van der Waals surface area contributed by atoms with E-state index in [0.717, 1.165) is 6.54 Å². The van der Waals surface area contributed by atoms with Crippen LogP contribution in [0.2, 0.25) is 5.02 Å². The number of primary amides is 1. The predicted octanol–water partition coefficient (Wildman–Crippen LogP) is -0.0369. The molecule has 108 valence electrons. The van der Waals surface area contributed by atoms with Gasteiger partial charge in [0.2, 0.25) is 5.91 Å². The van der Waals surface area contributed by atoms with E-state index in [-0.39, 0.29) is 11.9 Å². The number of benzene rings is 1. The Hall–Kier alpha value is -1.79. The van der Waals surface area contributed by atoms with Crippen LogP contribution >= 0.6 is 11.6 Å². The number of nitrogens with one attached hydrogen (secondary N) is 2. The fourth-order valence-electron chi connectivity index (χ4n) is 2.35. The second kappa shape index (κ2) is 6.11. The first-order valence-corrected chi connectivity index (χ1v) is 6.70. The lowest BCUT2D eigenvalue weighted by Gasteiger charge is -2.37. The number of amides is 2. The number of halogens is 1. The lowest BCUT2D eigenvalue weighted by molar-refractivity contribution is -0.122. The van der Waals surface area contributed by atoms with E-state index in [1.807, 2.05) is 4.90 Å². The molecule has 20 heavy (non-hydrogen) atoms. The molecule has 1 aliphatic heterocycles. The zero-order valence-corrected chi connectivity index (χ0v) is 11.9. The van der Waals surface area contributed by atoms with Gasteiger partial charge in [-0.05, 0) is 18.2 Å². The molecule has 7 heteroatoms. The lowest BCUT2D eigenvalue weighted by atomic mass is 10.1. The third-order valence-electron chi connectivity index (χ3n) is 3.33. The van der Waals surface area contributed by atoms with Gasteiger partial charge >= 0.3 is 0 Å². The van der Waals surface area contributed by atoms with E-state index in [4.69, 9.17) is 17.3 Å². The quantitative estimate of drug-likeness (QED) is 0.730. The highest BCUT2D eigenvalue weighted by molar-refractivity contribution is 6.31. The van der Waals surface area contributed by atoms with Crippen LogP contribution in [0.5, 0.6) is 0 Å². The molecule has 0 saturated carbocycles. The summed E-state index contributed by atoms with van der Waals surface area (Å²) in [6.07, 6.45) is 0. The number of carbonyl (C=O) groups excluding carboxylic acids is 2. The molecule has 1 aromatic carbocycles. The Balaban J connectivity index is 2.42. The number of hydrogen-bond acceptors (Lipinski definition) is 4. The Kier molecular flexibility index (Phi) is 4.46. The summed E-state index contributed by atoms with van der Waals surface area (Å²) in [6, 6.07) is 4.56. The average molecular weight is 297 g/mol. The molecule has 1 unspecified atom stereocenters. The van der Waals surface area contributed by atoms with Crippen LogP contribution in [-0.4, -0.2) is 44.5 Å². The number of hydrogen-bond donors (Lipinski definition) is 3. The maximum atomic E-state index is 12.0. The fraction of sp³-hybridized carbons (Fsp3) is 0.385. The van der Waals surface area contributed by atoms with Crippen molar-refractivity contribution in [1.29, 1.82) is 0 Å². The van der Waals surface area contributed by atoms with Crippen LogP contribution < -0.4 is 21.3 Å². The largest absolute Gasteiger partial charge is 0.366 e. The summed E-state index contributed by atoms with van der Waals surface area (Å²) in [5.74, 6) is -0.667. The van der Waals surface area contributed by atoms with Crippen molar-refractivity contribution in [3.63, 3.8) is 0 Å². The van der Waals surface area contributed by atoms with E-state index in [0.29, 0.717) is 29.4 Å². The van der Waals surface area contributed by atoms with Gasteiger partial charge in [-0.1, -0.05) is 11.6 Å². The smallest absolute Gasteiger partial charge is 0.250 e. The first kappa shape index (κ1) is 14.6. The lowest BCUT2D eigenvalue weighted by Crippen LogP contribution is -2.58. The van der Waals surface area contributed by atoms with Crippen LogP contribution in [-0.2, 0) is 4.79 Å². The van der Waals surface area contributed by atoms with Gasteiger partial charge in [-0.15, -0.1) is 0 Å². The molecule has 0 aliphatic carbocycles. The molecule has 0 radical (unpaired) electrons.